The van der Waals surface area contributed by atoms with E-state index in [4.69, 9.17) is 0 Å². The van der Waals surface area contributed by atoms with E-state index >= 15 is 0 Å². The number of hydrogen-bond donors (Lipinski definition) is 2. The highest BCUT2D eigenvalue weighted by molar-refractivity contribution is 6.04. The number of anilines is 1. The minimum Gasteiger partial charge on any atom is -0.386 e. The Kier molecular flexibility index (Phi) is 3.91. The maximum atomic E-state index is 12.2. The van der Waals surface area contributed by atoms with Crippen LogP contribution >= 0.6 is 0 Å². The number of carbonyl (C=O) groups is 1. The Morgan fingerprint density at radius 3 is 2.45 bits per heavy atom. The first-order chi connectivity index (χ1) is 9.36. The van der Waals surface area contributed by atoms with Crippen molar-refractivity contribution in [1.82, 2.24) is 0 Å². The van der Waals surface area contributed by atoms with E-state index in [9.17, 15) is 9.90 Å². The van der Waals surface area contributed by atoms with Gasteiger partial charge in [-0.05, 0) is 50.6 Å². The van der Waals surface area contributed by atoms with E-state index in [-0.39, 0.29) is 5.91 Å². The van der Waals surface area contributed by atoms with Crippen molar-refractivity contribution < 1.29 is 9.90 Å². The van der Waals surface area contributed by atoms with Gasteiger partial charge in [0.25, 0.3) is 5.91 Å². The Bertz CT molecular complexity index is 627. The van der Waals surface area contributed by atoms with Crippen LogP contribution < -0.4 is 5.32 Å². The summed E-state index contributed by atoms with van der Waals surface area (Å²) in [5.41, 5.74) is 2.18. The molecule has 1 amide bonds. The zero-order valence-electron chi connectivity index (χ0n) is 12.0. The molecular weight excluding hydrogens is 250 g/mol. The molecule has 0 atom stereocenters. The second-order valence-electron chi connectivity index (χ2n) is 5.46. The van der Waals surface area contributed by atoms with Crippen LogP contribution in [0.2, 0.25) is 0 Å². The molecule has 2 aromatic rings. The molecule has 2 N–H and O–H groups in total. The van der Waals surface area contributed by atoms with E-state index in [1.165, 1.54) is 0 Å². The van der Waals surface area contributed by atoms with E-state index in [2.05, 4.69) is 5.32 Å². The molecule has 0 saturated carbocycles. The lowest BCUT2D eigenvalue weighted by Crippen LogP contribution is -2.17. The van der Waals surface area contributed by atoms with Crippen molar-refractivity contribution in [3.63, 3.8) is 0 Å². The maximum Gasteiger partial charge on any atom is 0.255 e. The van der Waals surface area contributed by atoms with E-state index in [0.29, 0.717) is 11.3 Å². The Hall–Kier alpha value is -2.13. The molecule has 104 valence electrons. The van der Waals surface area contributed by atoms with Gasteiger partial charge in [0.1, 0.15) is 0 Å². The van der Waals surface area contributed by atoms with E-state index in [1.807, 2.05) is 43.3 Å². The van der Waals surface area contributed by atoms with Crippen molar-refractivity contribution in [3.05, 3.63) is 65.2 Å². The second kappa shape index (κ2) is 5.47. The number of aliphatic hydroxyl groups is 1. The molecule has 0 spiro atoms. The minimum atomic E-state index is -0.927. The quantitative estimate of drug-likeness (QED) is 0.896. The summed E-state index contributed by atoms with van der Waals surface area (Å²) in [7, 11) is 0. The third-order valence-electron chi connectivity index (χ3n) is 3.11. The highest BCUT2D eigenvalue weighted by Crippen LogP contribution is 2.22. The van der Waals surface area contributed by atoms with Crippen LogP contribution in [0.4, 0.5) is 5.69 Å². The first-order valence-electron chi connectivity index (χ1n) is 6.57. The molecule has 0 fully saturated rings. The van der Waals surface area contributed by atoms with Gasteiger partial charge in [-0.3, -0.25) is 4.79 Å². The lowest BCUT2D eigenvalue weighted by atomic mass is 9.98. The van der Waals surface area contributed by atoms with Gasteiger partial charge in [0.15, 0.2) is 0 Å². The molecule has 0 aliphatic carbocycles. The smallest absolute Gasteiger partial charge is 0.255 e. The van der Waals surface area contributed by atoms with Crippen LogP contribution in [0.15, 0.2) is 48.5 Å². The molecular formula is C17H19NO2. The molecule has 0 aliphatic heterocycles. The fraction of sp³-hybridized carbons (Fsp3) is 0.235. The molecule has 0 aromatic heterocycles. The van der Waals surface area contributed by atoms with Crippen molar-refractivity contribution in [3.8, 4) is 0 Å². The predicted octanol–water partition coefficient (Wildman–Crippen LogP) is 3.47. The summed E-state index contributed by atoms with van der Waals surface area (Å²) in [4.78, 5) is 12.2. The molecule has 0 radical (unpaired) electrons. The summed E-state index contributed by atoms with van der Waals surface area (Å²) >= 11 is 0. The van der Waals surface area contributed by atoms with E-state index < -0.39 is 5.60 Å². The summed E-state index contributed by atoms with van der Waals surface area (Å²) in [5.74, 6) is -0.151. The van der Waals surface area contributed by atoms with Gasteiger partial charge in [0.05, 0.1) is 5.60 Å². The molecule has 3 heteroatoms. The third kappa shape index (κ3) is 3.45. The normalized spacial score (nSPS) is 11.2. The molecule has 0 bridgehead atoms. The molecule has 20 heavy (non-hydrogen) atoms. The Balaban J connectivity index is 2.20. The van der Waals surface area contributed by atoms with Crippen LogP contribution in [0, 0.1) is 6.92 Å². The zero-order valence-corrected chi connectivity index (χ0v) is 12.0. The zero-order chi connectivity index (χ0) is 14.8. The monoisotopic (exact) mass is 269 g/mol. The van der Waals surface area contributed by atoms with E-state index in [0.717, 1.165) is 11.1 Å². The van der Waals surface area contributed by atoms with Crippen molar-refractivity contribution in [2.45, 2.75) is 26.4 Å². The second-order valence-corrected chi connectivity index (χ2v) is 5.46. The molecule has 2 aromatic carbocycles. The molecule has 0 aliphatic rings. The van der Waals surface area contributed by atoms with Crippen LogP contribution in [0.1, 0.15) is 35.3 Å². The standard InChI is InChI=1S/C17H19NO2/c1-12-6-4-7-13(10-12)16(19)18-15-9-5-8-14(11-15)17(2,3)20/h4-11,20H,1-3H3,(H,18,19). The van der Waals surface area contributed by atoms with Gasteiger partial charge < -0.3 is 10.4 Å². The van der Waals surface area contributed by atoms with Gasteiger partial charge in [-0.25, -0.2) is 0 Å². The average Bonchev–Trinajstić information content (AvgIpc) is 2.38. The number of amides is 1. The fourth-order valence-electron chi connectivity index (χ4n) is 1.97. The van der Waals surface area contributed by atoms with E-state index in [1.54, 1.807) is 26.0 Å². The molecule has 0 unspecified atom stereocenters. The first-order valence-corrected chi connectivity index (χ1v) is 6.57. The summed E-state index contributed by atoms with van der Waals surface area (Å²) in [5, 5.41) is 12.8. The topological polar surface area (TPSA) is 49.3 Å². The van der Waals surface area contributed by atoms with Crippen LogP contribution in [0.25, 0.3) is 0 Å². The van der Waals surface area contributed by atoms with Crippen molar-refractivity contribution in [1.29, 1.82) is 0 Å². The van der Waals surface area contributed by atoms with Gasteiger partial charge >= 0.3 is 0 Å². The highest BCUT2D eigenvalue weighted by Gasteiger charge is 2.16. The maximum absolute atomic E-state index is 12.2. The first kappa shape index (κ1) is 14.3. The van der Waals surface area contributed by atoms with Crippen LogP contribution in [0.3, 0.4) is 0 Å². The summed E-state index contributed by atoms with van der Waals surface area (Å²) in [6, 6.07) is 14.7. The Labute approximate surface area is 119 Å². The number of nitrogens with one attached hydrogen (secondary N) is 1. The van der Waals surface area contributed by atoms with Gasteiger partial charge in [0, 0.05) is 11.3 Å². The number of carbonyl (C=O) groups excluding carboxylic acids is 1. The minimum absolute atomic E-state index is 0.151. The number of benzene rings is 2. The third-order valence-corrected chi connectivity index (χ3v) is 3.11. The SMILES string of the molecule is Cc1cccc(C(=O)Nc2cccc(C(C)(C)O)c2)c1. The van der Waals surface area contributed by atoms with Crippen LogP contribution in [-0.4, -0.2) is 11.0 Å². The van der Waals surface area contributed by atoms with Crippen LogP contribution in [0.5, 0.6) is 0 Å². The lowest BCUT2D eigenvalue weighted by Gasteiger charge is -2.18. The molecule has 0 heterocycles. The molecule has 0 saturated heterocycles. The van der Waals surface area contributed by atoms with Crippen molar-refractivity contribution >= 4 is 11.6 Å². The van der Waals surface area contributed by atoms with Crippen molar-refractivity contribution in [2.75, 3.05) is 5.32 Å². The van der Waals surface area contributed by atoms with Gasteiger partial charge in [-0.2, -0.15) is 0 Å². The number of hydrogen-bond acceptors (Lipinski definition) is 2. The Morgan fingerprint density at radius 1 is 1.10 bits per heavy atom. The van der Waals surface area contributed by atoms with Crippen molar-refractivity contribution in [2.24, 2.45) is 0 Å². The molecule has 2 rings (SSSR count). The van der Waals surface area contributed by atoms with Crippen LogP contribution in [-0.2, 0) is 5.60 Å². The average molecular weight is 269 g/mol. The molecule has 3 nitrogen and oxygen atoms in total. The highest BCUT2D eigenvalue weighted by atomic mass is 16.3. The van der Waals surface area contributed by atoms with Gasteiger partial charge in [-0.1, -0.05) is 29.8 Å². The lowest BCUT2D eigenvalue weighted by molar-refractivity contribution is 0.0786. The summed E-state index contributed by atoms with van der Waals surface area (Å²) in [6.07, 6.45) is 0. The number of rotatable bonds is 3. The predicted molar refractivity (Wildman–Crippen MR) is 80.8 cm³/mol. The van der Waals surface area contributed by atoms with Gasteiger partial charge in [-0.15, -0.1) is 0 Å². The Morgan fingerprint density at radius 2 is 1.80 bits per heavy atom. The largest absolute Gasteiger partial charge is 0.386 e. The fourth-order valence-corrected chi connectivity index (χ4v) is 1.97. The number of aryl methyl sites for hydroxylation is 1. The summed E-state index contributed by atoms with van der Waals surface area (Å²) < 4.78 is 0. The summed E-state index contributed by atoms with van der Waals surface area (Å²) in [6.45, 7) is 5.38. The van der Waals surface area contributed by atoms with Gasteiger partial charge in [0.2, 0.25) is 0 Å².